The number of hydrogen-bond donors (Lipinski definition) is 0. The van der Waals surface area contributed by atoms with Crippen LogP contribution in [0.3, 0.4) is 0 Å². The van der Waals surface area contributed by atoms with Gasteiger partial charge in [0.1, 0.15) is 6.10 Å². The molecule has 0 heterocycles. The van der Waals surface area contributed by atoms with Crippen molar-refractivity contribution in [2.75, 3.05) is 0 Å². The van der Waals surface area contributed by atoms with Crippen LogP contribution in [0.1, 0.15) is 85.5 Å². The number of ether oxygens (including phenoxy) is 2. The minimum Gasteiger partial charge on any atom is -0.463 e. The second-order valence-electron chi connectivity index (χ2n) is 10.7. The quantitative estimate of drug-likeness (QED) is 0.489. The van der Waals surface area contributed by atoms with E-state index in [9.17, 15) is 9.59 Å². The normalized spacial score (nSPS) is 48.4. The van der Waals surface area contributed by atoms with Crippen molar-refractivity contribution >= 4 is 11.9 Å². The van der Waals surface area contributed by atoms with Crippen molar-refractivity contribution in [1.29, 1.82) is 0 Å². The second kappa shape index (κ2) is 7.03. The molecule has 0 aromatic carbocycles. The van der Waals surface area contributed by atoms with Gasteiger partial charge in [0, 0.05) is 19.3 Å². The number of carbonyl (C=O) groups excluding carboxylic acids is 2. The van der Waals surface area contributed by atoms with Crippen molar-refractivity contribution in [3.05, 3.63) is 0 Å². The van der Waals surface area contributed by atoms with Crippen molar-refractivity contribution in [2.24, 2.45) is 34.5 Å². The molecule has 6 unspecified atom stereocenters. The monoisotopic (exact) mass is 400 g/mol. The van der Waals surface area contributed by atoms with E-state index >= 15 is 0 Å². The van der Waals surface area contributed by atoms with Crippen molar-refractivity contribution in [3.8, 4) is 12.3 Å². The van der Waals surface area contributed by atoms with E-state index in [1.165, 1.54) is 26.7 Å². The number of esters is 2. The van der Waals surface area contributed by atoms with Gasteiger partial charge in [-0.25, -0.2) is 0 Å². The van der Waals surface area contributed by atoms with E-state index in [0.29, 0.717) is 29.1 Å². The van der Waals surface area contributed by atoms with Gasteiger partial charge in [-0.05, 0) is 86.9 Å². The average Bonchev–Trinajstić information content (AvgIpc) is 2.94. The van der Waals surface area contributed by atoms with Gasteiger partial charge in [-0.1, -0.05) is 19.8 Å². The maximum Gasteiger partial charge on any atom is 0.304 e. The molecule has 0 N–H and O–H groups in total. The lowest BCUT2D eigenvalue weighted by atomic mass is 9.44. The predicted molar refractivity (Wildman–Crippen MR) is 111 cm³/mol. The van der Waals surface area contributed by atoms with Crippen LogP contribution in [-0.4, -0.2) is 23.6 Å². The van der Waals surface area contributed by atoms with E-state index < -0.39 is 5.60 Å². The van der Waals surface area contributed by atoms with Crippen LogP contribution in [0.25, 0.3) is 0 Å². The number of carbonyl (C=O) groups is 2. The topological polar surface area (TPSA) is 52.6 Å². The number of terminal acetylenes is 1. The van der Waals surface area contributed by atoms with Crippen LogP contribution in [0.4, 0.5) is 0 Å². The van der Waals surface area contributed by atoms with Gasteiger partial charge in [0.2, 0.25) is 0 Å². The summed E-state index contributed by atoms with van der Waals surface area (Å²) in [5, 5.41) is 0. The fourth-order valence-corrected chi connectivity index (χ4v) is 8.24. The lowest BCUT2D eigenvalue weighted by molar-refractivity contribution is -0.178. The van der Waals surface area contributed by atoms with Gasteiger partial charge in [-0.3, -0.25) is 9.59 Å². The highest BCUT2D eigenvalue weighted by molar-refractivity contribution is 5.67. The molecule has 0 spiro atoms. The van der Waals surface area contributed by atoms with Gasteiger partial charge < -0.3 is 9.47 Å². The zero-order chi connectivity index (χ0) is 21.0. The summed E-state index contributed by atoms with van der Waals surface area (Å²) in [5.74, 6) is 5.06. The summed E-state index contributed by atoms with van der Waals surface area (Å²) in [6.45, 7) is 7.79. The third kappa shape index (κ3) is 3.03. The third-order valence-corrected chi connectivity index (χ3v) is 9.62. The van der Waals surface area contributed by atoms with Crippen LogP contribution in [0.5, 0.6) is 0 Å². The van der Waals surface area contributed by atoms with Gasteiger partial charge >= 0.3 is 11.9 Å². The molecule has 8 atom stereocenters. The minimum absolute atomic E-state index is 0.0977. The van der Waals surface area contributed by atoms with Gasteiger partial charge in [-0.2, -0.15) is 0 Å². The first-order chi connectivity index (χ1) is 13.6. The zero-order valence-corrected chi connectivity index (χ0v) is 18.5. The molecule has 0 aliphatic heterocycles. The smallest absolute Gasteiger partial charge is 0.304 e. The summed E-state index contributed by atoms with van der Waals surface area (Å²) in [6.07, 6.45) is 15.7. The lowest BCUT2D eigenvalue weighted by Crippen LogP contribution is -2.57. The first-order valence-corrected chi connectivity index (χ1v) is 11.5. The lowest BCUT2D eigenvalue weighted by Gasteiger charge is -2.61. The highest BCUT2D eigenvalue weighted by Gasteiger charge is 2.66. The summed E-state index contributed by atoms with van der Waals surface area (Å²) >= 11 is 0. The van der Waals surface area contributed by atoms with E-state index in [0.717, 1.165) is 44.9 Å². The molecule has 0 amide bonds. The minimum atomic E-state index is -0.737. The molecular weight excluding hydrogens is 364 g/mol. The maximum absolute atomic E-state index is 11.9. The molecule has 0 aromatic heterocycles. The number of rotatable bonds is 2. The Kier molecular flexibility index (Phi) is 5.03. The molecule has 4 rings (SSSR count). The standard InChI is InChI=1S/C25H36O4/c1-6-25(29-17(3)27)14-11-22-20-8-7-18-15-19(28-16(2)26)9-12-23(18,4)21(20)10-13-24(22,25)5/h1,18-22H,7-15H2,2-5H3/t18-,19?,20?,21?,22?,23?,24?,25-/m0/s1. The Morgan fingerprint density at radius 1 is 0.931 bits per heavy atom. The highest BCUT2D eigenvalue weighted by atomic mass is 16.6. The first-order valence-electron chi connectivity index (χ1n) is 11.5. The fraction of sp³-hybridized carbons (Fsp3) is 0.840. The van der Waals surface area contributed by atoms with Crippen LogP contribution in [0.2, 0.25) is 0 Å². The molecule has 160 valence electrons. The molecule has 29 heavy (non-hydrogen) atoms. The zero-order valence-electron chi connectivity index (χ0n) is 18.5. The molecule has 0 radical (unpaired) electrons. The highest BCUT2D eigenvalue weighted by Crippen LogP contribution is 2.68. The van der Waals surface area contributed by atoms with Crippen molar-refractivity contribution in [1.82, 2.24) is 0 Å². The van der Waals surface area contributed by atoms with Gasteiger partial charge in [-0.15, -0.1) is 6.42 Å². The largest absolute Gasteiger partial charge is 0.463 e. The molecule has 4 aliphatic rings. The van der Waals surface area contributed by atoms with E-state index in [-0.39, 0.29) is 23.5 Å². The average molecular weight is 401 g/mol. The van der Waals surface area contributed by atoms with Crippen LogP contribution >= 0.6 is 0 Å². The summed E-state index contributed by atoms with van der Waals surface area (Å²) in [7, 11) is 0. The molecule has 4 saturated carbocycles. The second-order valence-corrected chi connectivity index (χ2v) is 10.7. The van der Waals surface area contributed by atoms with Crippen LogP contribution in [-0.2, 0) is 19.1 Å². The van der Waals surface area contributed by atoms with Gasteiger partial charge in [0.15, 0.2) is 5.60 Å². The molecule has 0 bridgehead atoms. The van der Waals surface area contributed by atoms with E-state index in [1.807, 2.05) is 0 Å². The van der Waals surface area contributed by atoms with Crippen molar-refractivity contribution < 1.29 is 19.1 Å². The summed E-state index contributed by atoms with van der Waals surface area (Å²) < 4.78 is 11.4. The molecule has 0 saturated heterocycles. The van der Waals surface area contributed by atoms with Gasteiger partial charge in [0.05, 0.1) is 0 Å². The van der Waals surface area contributed by atoms with E-state index in [4.69, 9.17) is 15.9 Å². The predicted octanol–water partition coefficient (Wildman–Crippen LogP) is 4.90. The van der Waals surface area contributed by atoms with Gasteiger partial charge in [0.25, 0.3) is 0 Å². The fourth-order valence-electron chi connectivity index (χ4n) is 8.24. The number of hydrogen-bond acceptors (Lipinski definition) is 4. The molecule has 4 fully saturated rings. The number of fused-ring (bicyclic) bond motifs is 5. The summed E-state index contributed by atoms with van der Waals surface area (Å²) in [6, 6.07) is 0. The maximum atomic E-state index is 11.9. The SMILES string of the molecule is C#C[C@]1(OC(C)=O)CCC2C3CC[C@H]4CC(OC(C)=O)CCC4(C)C3CCC21C. The van der Waals surface area contributed by atoms with Crippen molar-refractivity contribution in [2.45, 2.75) is 97.2 Å². The third-order valence-electron chi connectivity index (χ3n) is 9.62. The van der Waals surface area contributed by atoms with Crippen LogP contribution in [0, 0.1) is 46.8 Å². The molecule has 4 nitrogen and oxygen atoms in total. The Morgan fingerprint density at radius 2 is 1.66 bits per heavy atom. The Balaban J connectivity index is 1.57. The first kappa shape index (κ1) is 20.8. The molecule has 4 aliphatic carbocycles. The van der Waals surface area contributed by atoms with Crippen LogP contribution < -0.4 is 0 Å². The molecular formula is C25H36O4. The summed E-state index contributed by atoms with van der Waals surface area (Å²) in [4.78, 5) is 23.3. The molecule has 0 aromatic rings. The Bertz CT molecular complexity index is 738. The molecule has 4 heteroatoms. The van der Waals surface area contributed by atoms with E-state index in [2.05, 4.69) is 19.8 Å². The summed E-state index contributed by atoms with van der Waals surface area (Å²) in [5.41, 5.74) is -0.532. The Hall–Kier alpha value is -1.50. The Morgan fingerprint density at radius 3 is 2.31 bits per heavy atom. The van der Waals surface area contributed by atoms with Crippen molar-refractivity contribution in [3.63, 3.8) is 0 Å². The van der Waals surface area contributed by atoms with Crippen LogP contribution in [0.15, 0.2) is 0 Å². The van der Waals surface area contributed by atoms with E-state index in [1.54, 1.807) is 0 Å². The Labute approximate surface area is 175 Å².